The second kappa shape index (κ2) is 6.18. The van der Waals surface area contributed by atoms with E-state index in [1.807, 2.05) is 0 Å². The van der Waals surface area contributed by atoms with Crippen molar-refractivity contribution in [3.8, 4) is 0 Å². The predicted molar refractivity (Wildman–Crippen MR) is 71.1 cm³/mol. The molecule has 2 heteroatoms. The molecule has 1 aromatic rings. The highest BCUT2D eigenvalue weighted by Crippen LogP contribution is 2.30. The van der Waals surface area contributed by atoms with Crippen molar-refractivity contribution in [2.24, 2.45) is 5.92 Å². The fraction of sp³-hybridized carbons (Fsp3) is 0.600. The lowest BCUT2D eigenvalue weighted by Crippen LogP contribution is -2.32. The van der Waals surface area contributed by atoms with Gasteiger partial charge in [0, 0.05) is 19.3 Å². The van der Waals surface area contributed by atoms with Gasteiger partial charge in [-0.3, -0.25) is 0 Å². The second-order valence-corrected chi connectivity index (χ2v) is 4.90. The molecule has 1 unspecified atom stereocenters. The van der Waals surface area contributed by atoms with Crippen molar-refractivity contribution in [2.45, 2.75) is 32.7 Å². The Balaban J connectivity index is 2.15. The van der Waals surface area contributed by atoms with Gasteiger partial charge in [-0.15, -0.1) is 0 Å². The van der Waals surface area contributed by atoms with E-state index in [9.17, 15) is 0 Å². The number of ether oxygens (including phenoxy) is 1. The molecule has 0 amide bonds. The molecule has 1 aliphatic heterocycles. The van der Waals surface area contributed by atoms with E-state index in [1.165, 1.54) is 24.0 Å². The first-order valence-corrected chi connectivity index (χ1v) is 6.69. The first kappa shape index (κ1) is 12.6. The molecule has 0 bridgehead atoms. The molecule has 17 heavy (non-hydrogen) atoms. The highest BCUT2D eigenvalue weighted by molar-refractivity contribution is 5.25. The summed E-state index contributed by atoms with van der Waals surface area (Å²) in [5.74, 6) is 0.713. The molecule has 1 fully saturated rings. The maximum Gasteiger partial charge on any atom is 0.0469 e. The fourth-order valence-corrected chi connectivity index (χ4v) is 2.69. The molecule has 94 valence electrons. The molecule has 1 heterocycles. The summed E-state index contributed by atoms with van der Waals surface area (Å²) in [6.45, 7) is 7.20. The zero-order valence-corrected chi connectivity index (χ0v) is 10.9. The number of benzene rings is 1. The van der Waals surface area contributed by atoms with E-state index in [0.717, 1.165) is 19.8 Å². The van der Waals surface area contributed by atoms with Gasteiger partial charge in [-0.2, -0.15) is 0 Å². The molecule has 1 aromatic carbocycles. The van der Waals surface area contributed by atoms with Crippen molar-refractivity contribution >= 4 is 0 Å². The van der Waals surface area contributed by atoms with Crippen molar-refractivity contribution in [3.05, 3.63) is 35.4 Å². The Hall–Kier alpha value is -0.860. The van der Waals surface area contributed by atoms with Crippen LogP contribution in [0.25, 0.3) is 0 Å². The Morgan fingerprint density at radius 1 is 1.35 bits per heavy atom. The molecular weight excluding hydrogens is 210 g/mol. The Kier molecular flexibility index (Phi) is 4.57. The van der Waals surface area contributed by atoms with Crippen LogP contribution in [0.1, 0.15) is 36.9 Å². The van der Waals surface area contributed by atoms with Crippen LogP contribution in [0, 0.1) is 12.8 Å². The first-order valence-electron chi connectivity index (χ1n) is 6.69. The van der Waals surface area contributed by atoms with Gasteiger partial charge in [-0.1, -0.05) is 36.8 Å². The molecular formula is C15H23NO. The molecule has 2 nitrogen and oxygen atoms in total. The summed E-state index contributed by atoms with van der Waals surface area (Å²) < 4.78 is 5.46. The van der Waals surface area contributed by atoms with E-state index in [2.05, 4.69) is 43.4 Å². The van der Waals surface area contributed by atoms with E-state index >= 15 is 0 Å². The van der Waals surface area contributed by atoms with Crippen molar-refractivity contribution in [1.29, 1.82) is 0 Å². The SMILES string of the molecule is CCNC(c1cccc(C)c1)C1CCOCC1. The number of rotatable bonds is 4. The van der Waals surface area contributed by atoms with Gasteiger partial charge in [-0.25, -0.2) is 0 Å². The summed E-state index contributed by atoms with van der Waals surface area (Å²) in [6, 6.07) is 9.37. The van der Waals surface area contributed by atoms with Crippen LogP contribution >= 0.6 is 0 Å². The summed E-state index contributed by atoms with van der Waals surface area (Å²) in [5.41, 5.74) is 2.77. The van der Waals surface area contributed by atoms with E-state index in [4.69, 9.17) is 4.74 Å². The molecule has 0 saturated carbocycles. The van der Waals surface area contributed by atoms with Crippen LogP contribution in [0.3, 0.4) is 0 Å². The van der Waals surface area contributed by atoms with Gasteiger partial charge in [0.25, 0.3) is 0 Å². The quantitative estimate of drug-likeness (QED) is 0.863. The summed E-state index contributed by atoms with van der Waals surface area (Å²) in [7, 11) is 0. The second-order valence-electron chi connectivity index (χ2n) is 4.90. The number of hydrogen-bond donors (Lipinski definition) is 1. The smallest absolute Gasteiger partial charge is 0.0469 e. The average molecular weight is 233 g/mol. The summed E-state index contributed by atoms with van der Waals surface area (Å²) in [4.78, 5) is 0. The van der Waals surface area contributed by atoms with E-state index in [-0.39, 0.29) is 0 Å². The van der Waals surface area contributed by atoms with Gasteiger partial charge in [0.2, 0.25) is 0 Å². The summed E-state index contributed by atoms with van der Waals surface area (Å²) >= 11 is 0. The van der Waals surface area contributed by atoms with Gasteiger partial charge < -0.3 is 10.1 Å². The Morgan fingerprint density at radius 2 is 2.12 bits per heavy atom. The Bertz CT molecular complexity index is 345. The van der Waals surface area contributed by atoms with Crippen LogP contribution in [0.4, 0.5) is 0 Å². The minimum atomic E-state index is 0.490. The maximum absolute atomic E-state index is 5.46. The Labute approximate surface area is 104 Å². The molecule has 0 radical (unpaired) electrons. The molecule has 1 N–H and O–H groups in total. The minimum absolute atomic E-state index is 0.490. The standard InChI is InChI=1S/C15H23NO/c1-3-16-15(13-7-9-17-10-8-13)14-6-4-5-12(2)11-14/h4-6,11,13,15-16H,3,7-10H2,1-2H3. The van der Waals surface area contributed by atoms with Crippen LogP contribution in [0.15, 0.2) is 24.3 Å². The molecule has 0 spiro atoms. The average Bonchev–Trinajstić information content (AvgIpc) is 2.37. The van der Waals surface area contributed by atoms with Gasteiger partial charge in [0.15, 0.2) is 0 Å². The number of aryl methyl sites for hydroxylation is 1. The van der Waals surface area contributed by atoms with Crippen molar-refractivity contribution < 1.29 is 4.74 Å². The largest absolute Gasteiger partial charge is 0.381 e. The minimum Gasteiger partial charge on any atom is -0.381 e. The molecule has 1 atom stereocenters. The van der Waals surface area contributed by atoms with E-state index in [1.54, 1.807) is 0 Å². The molecule has 2 rings (SSSR count). The Morgan fingerprint density at radius 3 is 2.76 bits per heavy atom. The molecule has 0 aliphatic carbocycles. The third-order valence-electron chi connectivity index (χ3n) is 3.56. The normalized spacial score (nSPS) is 19.2. The van der Waals surface area contributed by atoms with Crippen molar-refractivity contribution in [2.75, 3.05) is 19.8 Å². The van der Waals surface area contributed by atoms with Crippen LogP contribution in [0.2, 0.25) is 0 Å². The van der Waals surface area contributed by atoms with Crippen molar-refractivity contribution in [3.63, 3.8) is 0 Å². The van der Waals surface area contributed by atoms with Gasteiger partial charge in [0.05, 0.1) is 0 Å². The van der Waals surface area contributed by atoms with Crippen LogP contribution in [-0.2, 0) is 4.74 Å². The first-order chi connectivity index (χ1) is 8.31. The number of nitrogens with one attached hydrogen (secondary N) is 1. The third kappa shape index (κ3) is 3.30. The summed E-state index contributed by atoms with van der Waals surface area (Å²) in [5, 5.41) is 3.64. The lowest BCUT2D eigenvalue weighted by atomic mass is 9.86. The molecule has 0 aromatic heterocycles. The number of hydrogen-bond acceptors (Lipinski definition) is 2. The van der Waals surface area contributed by atoms with Crippen LogP contribution in [0.5, 0.6) is 0 Å². The summed E-state index contributed by atoms with van der Waals surface area (Å²) in [6.07, 6.45) is 2.34. The van der Waals surface area contributed by atoms with E-state index in [0.29, 0.717) is 12.0 Å². The predicted octanol–water partition coefficient (Wildman–Crippen LogP) is 3.07. The van der Waals surface area contributed by atoms with Gasteiger partial charge >= 0.3 is 0 Å². The van der Waals surface area contributed by atoms with E-state index < -0.39 is 0 Å². The third-order valence-corrected chi connectivity index (χ3v) is 3.56. The molecule has 1 aliphatic rings. The fourth-order valence-electron chi connectivity index (χ4n) is 2.69. The van der Waals surface area contributed by atoms with Gasteiger partial charge in [-0.05, 0) is 37.8 Å². The lowest BCUT2D eigenvalue weighted by Gasteiger charge is -2.31. The topological polar surface area (TPSA) is 21.3 Å². The zero-order chi connectivity index (χ0) is 12.1. The van der Waals surface area contributed by atoms with Crippen LogP contribution in [-0.4, -0.2) is 19.8 Å². The lowest BCUT2D eigenvalue weighted by molar-refractivity contribution is 0.0538. The monoisotopic (exact) mass is 233 g/mol. The van der Waals surface area contributed by atoms with Crippen molar-refractivity contribution in [1.82, 2.24) is 5.32 Å². The van der Waals surface area contributed by atoms with Crippen LogP contribution < -0.4 is 5.32 Å². The highest BCUT2D eigenvalue weighted by Gasteiger charge is 2.24. The van der Waals surface area contributed by atoms with Gasteiger partial charge in [0.1, 0.15) is 0 Å². The zero-order valence-electron chi connectivity index (χ0n) is 10.9. The molecule has 1 saturated heterocycles. The highest BCUT2D eigenvalue weighted by atomic mass is 16.5. The maximum atomic E-state index is 5.46.